The Labute approximate surface area is 120 Å². The smallest absolute Gasteiger partial charge is 0.319 e. The highest BCUT2D eigenvalue weighted by molar-refractivity contribution is 7.99. The van der Waals surface area contributed by atoms with Gasteiger partial charge in [0.1, 0.15) is 0 Å². The van der Waals surface area contributed by atoms with Gasteiger partial charge in [0, 0.05) is 23.7 Å². The van der Waals surface area contributed by atoms with Gasteiger partial charge in [-0.15, -0.1) is 0 Å². The zero-order valence-electron chi connectivity index (χ0n) is 11.1. The lowest BCUT2D eigenvalue weighted by Crippen LogP contribution is -2.32. The summed E-state index contributed by atoms with van der Waals surface area (Å²) in [5.74, 6) is -2.31. The van der Waals surface area contributed by atoms with E-state index in [-0.39, 0.29) is 12.5 Å². The summed E-state index contributed by atoms with van der Waals surface area (Å²) in [4.78, 5) is 12.0. The van der Waals surface area contributed by atoms with Gasteiger partial charge in [-0.25, -0.2) is 4.79 Å². The Kier molecular flexibility index (Phi) is 7.32. The third-order valence-corrected chi connectivity index (χ3v) is 3.25. The molecule has 1 atom stereocenters. The summed E-state index contributed by atoms with van der Waals surface area (Å²) < 4.78 is 24.5. The molecule has 1 aromatic carbocycles. The number of aliphatic hydroxyl groups is 1. The minimum Gasteiger partial charge on any atom is -0.396 e. The third-order valence-electron chi connectivity index (χ3n) is 2.55. The van der Waals surface area contributed by atoms with Crippen LogP contribution in [0, 0.1) is 5.92 Å². The SMILES string of the molecule is CC(CCO)CNC(=O)Nc1cccc(SC(F)F)c1. The fourth-order valence-electron chi connectivity index (χ4n) is 1.51. The van der Waals surface area contributed by atoms with Crippen LogP contribution in [-0.2, 0) is 0 Å². The zero-order chi connectivity index (χ0) is 15.0. The van der Waals surface area contributed by atoms with E-state index in [0.717, 1.165) is 0 Å². The van der Waals surface area contributed by atoms with Crippen molar-refractivity contribution in [3.63, 3.8) is 0 Å². The molecule has 0 fully saturated rings. The minimum atomic E-state index is -2.49. The van der Waals surface area contributed by atoms with E-state index in [2.05, 4.69) is 10.6 Å². The molecule has 4 nitrogen and oxygen atoms in total. The molecule has 0 aliphatic carbocycles. The third kappa shape index (κ3) is 6.72. The Morgan fingerprint density at radius 3 is 2.85 bits per heavy atom. The number of amides is 2. The number of carbonyl (C=O) groups excluding carboxylic acids is 1. The zero-order valence-corrected chi connectivity index (χ0v) is 11.9. The van der Waals surface area contributed by atoms with Crippen LogP contribution in [-0.4, -0.2) is 30.0 Å². The first-order valence-electron chi connectivity index (χ1n) is 6.22. The fraction of sp³-hybridized carbons (Fsp3) is 0.462. The Balaban J connectivity index is 2.45. The van der Waals surface area contributed by atoms with E-state index in [0.29, 0.717) is 35.3 Å². The highest BCUT2D eigenvalue weighted by atomic mass is 32.2. The number of anilines is 1. The molecule has 0 spiro atoms. The number of nitrogens with one attached hydrogen (secondary N) is 2. The number of urea groups is 1. The van der Waals surface area contributed by atoms with Crippen molar-refractivity contribution < 1.29 is 18.7 Å². The molecular formula is C13H18F2N2O2S. The molecule has 0 heterocycles. The molecule has 3 N–H and O–H groups in total. The van der Waals surface area contributed by atoms with E-state index in [9.17, 15) is 13.6 Å². The maximum Gasteiger partial charge on any atom is 0.319 e. The van der Waals surface area contributed by atoms with E-state index in [1.807, 2.05) is 6.92 Å². The number of aliphatic hydroxyl groups excluding tert-OH is 1. The number of hydrogen-bond donors (Lipinski definition) is 3. The minimum absolute atomic E-state index is 0.0807. The molecule has 20 heavy (non-hydrogen) atoms. The molecule has 2 amide bonds. The number of halogens is 2. The van der Waals surface area contributed by atoms with Crippen molar-refractivity contribution in [2.75, 3.05) is 18.5 Å². The molecule has 0 aliphatic heterocycles. The van der Waals surface area contributed by atoms with E-state index in [4.69, 9.17) is 5.11 Å². The summed E-state index contributed by atoms with van der Waals surface area (Å²) in [5.41, 5.74) is 0.461. The average Bonchev–Trinajstić information content (AvgIpc) is 2.36. The standard InChI is InChI=1S/C13H18F2N2O2S/c1-9(5-6-18)8-16-13(19)17-10-3-2-4-11(7-10)20-12(14)15/h2-4,7,9,12,18H,5-6,8H2,1H3,(H2,16,17,19). The Morgan fingerprint density at radius 1 is 1.45 bits per heavy atom. The first-order chi connectivity index (χ1) is 9.51. The Bertz CT molecular complexity index is 433. The van der Waals surface area contributed by atoms with Crippen molar-refractivity contribution in [1.29, 1.82) is 0 Å². The van der Waals surface area contributed by atoms with Gasteiger partial charge in [0.05, 0.1) is 0 Å². The maximum atomic E-state index is 12.2. The van der Waals surface area contributed by atoms with Crippen LogP contribution in [0.4, 0.5) is 19.3 Å². The molecule has 1 rings (SSSR count). The van der Waals surface area contributed by atoms with Gasteiger partial charge >= 0.3 is 6.03 Å². The molecule has 1 unspecified atom stereocenters. The van der Waals surface area contributed by atoms with Crippen LogP contribution in [0.1, 0.15) is 13.3 Å². The molecule has 0 saturated carbocycles. The van der Waals surface area contributed by atoms with Crippen LogP contribution in [0.2, 0.25) is 0 Å². The highest BCUT2D eigenvalue weighted by Crippen LogP contribution is 2.27. The molecular weight excluding hydrogens is 286 g/mol. The van der Waals surface area contributed by atoms with Crippen LogP contribution < -0.4 is 10.6 Å². The topological polar surface area (TPSA) is 61.4 Å². The molecule has 0 bridgehead atoms. The lowest BCUT2D eigenvalue weighted by Gasteiger charge is -2.12. The van der Waals surface area contributed by atoms with Crippen LogP contribution in [0.5, 0.6) is 0 Å². The largest absolute Gasteiger partial charge is 0.396 e. The monoisotopic (exact) mass is 304 g/mol. The van der Waals surface area contributed by atoms with Crippen molar-refractivity contribution in [3.05, 3.63) is 24.3 Å². The van der Waals surface area contributed by atoms with Gasteiger partial charge in [-0.2, -0.15) is 8.78 Å². The van der Waals surface area contributed by atoms with E-state index < -0.39 is 11.8 Å². The molecule has 0 aliphatic rings. The summed E-state index contributed by atoms with van der Waals surface area (Å²) >= 11 is 0.432. The second kappa shape index (κ2) is 8.76. The Morgan fingerprint density at radius 2 is 2.20 bits per heavy atom. The highest BCUT2D eigenvalue weighted by Gasteiger charge is 2.08. The van der Waals surface area contributed by atoms with Crippen molar-refractivity contribution in [2.24, 2.45) is 5.92 Å². The number of thioether (sulfide) groups is 1. The van der Waals surface area contributed by atoms with Crippen LogP contribution in [0.15, 0.2) is 29.2 Å². The van der Waals surface area contributed by atoms with Crippen molar-refractivity contribution in [1.82, 2.24) is 5.32 Å². The van der Waals surface area contributed by atoms with Crippen molar-refractivity contribution in [3.8, 4) is 0 Å². The normalized spacial score (nSPS) is 12.2. The number of carbonyl (C=O) groups is 1. The van der Waals surface area contributed by atoms with E-state index in [1.165, 1.54) is 6.07 Å². The van der Waals surface area contributed by atoms with Crippen LogP contribution in [0.25, 0.3) is 0 Å². The van der Waals surface area contributed by atoms with Crippen LogP contribution in [0.3, 0.4) is 0 Å². The van der Waals surface area contributed by atoms with Gasteiger partial charge in [0.2, 0.25) is 0 Å². The van der Waals surface area contributed by atoms with Crippen LogP contribution >= 0.6 is 11.8 Å². The first kappa shape index (κ1) is 16.7. The summed E-state index contributed by atoms with van der Waals surface area (Å²) in [6, 6.07) is 5.89. The predicted molar refractivity (Wildman–Crippen MR) is 76.2 cm³/mol. The fourth-order valence-corrected chi connectivity index (χ4v) is 2.07. The first-order valence-corrected chi connectivity index (χ1v) is 7.10. The van der Waals surface area contributed by atoms with Gasteiger partial charge < -0.3 is 15.7 Å². The summed E-state index contributed by atoms with van der Waals surface area (Å²) in [7, 11) is 0. The second-order valence-electron chi connectivity index (χ2n) is 4.36. The number of alkyl halides is 2. The van der Waals surface area contributed by atoms with Gasteiger partial charge in [-0.3, -0.25) is 0 Å². The number of rotatable bonds is 7. The summed E-state index contributed by atoms with van der Waals surface area (Å²) in [5, 5.41) is 14.0. The number of benzene rings is 1. The Hall–Kier alpha value is -1.34. The molecule has 0 radical (unpaired) electrons. The van der Waals surface area contributed by atoms with E-state index >= 15 is 0 Å². The molecule has 1 aromatic rings. The average molecular weight is 304 g/mol. The van der Waals surface area contributed by atoms with Gasteiger partial charge in [0.15, 0.2) is 0 Å². The van der Waals surface area contributed by atoms with Crippen molar-refractivity contribution in [2.45, 2.75) is 24.0 Å². The lowest BCUT2D eigenvalue weighted by molar-refractivity contribution is 0.243. The van der Waals surface area contributed by atoms with Crippen molar-refractivity contribution >= 4 is 23.5 Å². The summed E-state index contributed by atoms with van der Waals surface area (Å²) in [6.07, 6.45) is 0.612. The molecule has 0 aromatic heterocycles. The van der Waals surface area contributed by atoms with Gasteiger partial charge in [0.25, 0.3) is 5.76 Å². The molecule has 112 valence electrons. The maximum absolute atomic E-state index is 12.2. The number of hydrogen-bond acceptors (Lipinski definition) is 3. The van der Waals surface area contributed by atoms with Gasteiger partial charge in [-0.1, -0.05) is 24.8 Å². The molecule has 0 saturated heterocycles. The van der Waals surface area contributed by atoms with E-state index in [1.54, 1.807) is 18.2 Å². The predicted octanol–water partition coefficient (Wildman–Crippen LogP) is 3.14. The second-order valence-corrected chi connectivity index (χ2v) is 5.42. The summed E-state index contributed by atoms with van der Waals surface area (Å²) in [6.45, 7) is 2.44. The lowest BCUT2D eigenvalue weighted by atomic mass is 10.1. The molecule has 7 heteroatoms. The quantitative estimate of drug-likeness (QED) is 0.678. The van der Waals surface area contributed by atoms with Gasteiger partial charge in [-0.05, 0) is 30.5 Å².